The predicted molar refractivity (Wildman–Crippen MR) is 68.2 cm³/mol. The van der Waals surface area contributed by atoms with Gasteiger partial charge in [-0.25, -0.2) is 12.7 Å². The van der Waals surface area contributed by atoms with Crippen molar-refractivity contribution in [3.05, 3.63) is 0 Å². The third kappa shape index (κ3) is 4.21. The molecule has 0 saturated carbocycles. The highest BCUT2D eigenvalue weighted by Crippen LogP contribution is 2.21. The zero-order valence-corrected chi connectivity index (χ0v) is 11.6. The van der Waals surface area contributed by atoms with E-state index in [2.05, 4.69) is 6.92 Å². The number of hydrogen-bond acceptors (Lipinski definition) is 4. The monoisotopic (exact) mass is 264 g/mol. The Morgan fingerprint density at radius 1 is 1.41 bits per heavy atom. The molecule has 102 valence electrons. The minimum atomic E-state index is -3.17. The van der Waals surface area contributed by atoms with Gasteiger partial charge in [0.2, 0.25) is 10.0 Å². The van der Waals surface area contributed by atoms with E-state index in [1.165, 1.54) is 0 Å². The zero-order chi connectivity index (χ0) is 12.9. The number of sulfonamides is 1. The van der Waals surface area contributed by atoms with E-state index in [0.29, 0.717) is 19.7 Å². The number of hydrogen-bond donors (Lipinski definition) is 1. The summed E-state index contributed by atoms with van der Waals surface area (Å²) >= 11 is 0. The van der Waals surface area contributed by atoms with Gasteiger partial charge in [0.15, 0.2) is 0 Å². The van der Waals surface area contributed by atoms with Gasteiger partial charge in [0.1, 0.15) is 0 Å². The molecule has 2 N–H and O–H groups in total. The Morgan fingerprint density at radius 3 is 2.71 bits per heavy atom. The molecule has 17 heavy (non-hydrogen) atoms. The minimum Gasteiger partial charge on any atom is -0.381 e. The molecule has 6 heteroatoms. The molecule has 0 aromatic carbocycles. The summed E-state index contributed by atoms with van der Waals surface area (Å²) in [6, 6.07) is 0.137. The molecular weight excluding hydrogens is 240 g/mol. The van der Waals surface area contributed by atoms with E-state index in [9.17, 15) is 8.42 Å². The maximum absolute atomic E-state index is 12.0. The van der Waals surface area contributed by atoms with Crippen LogP contribution in [0.15, 0.2) is 0 Å². The van der Waals surface area contributed by atoms with Crippen LogP contribution in [0.4, 0.5) is 0 Å². The number of piperidine rings is 1. The largest absolute Gasteiger partial charge is 0.381 e. The van der Waals surface area contributed by atoms with Crippen LogP contribution in [0.2, 0.25) is 0 Å². The molecule has 1 saturated heterocycles. The summed E-state index contributed by atoms with van der Waals surface area (Å²) in [4.78, 5) is 0. The van der Waals surface area contributed by atoms with Gasteiger partial charge in [-0.15, -0.1) is 0 Å². The molecule has 0 aliphatic carbocycles. The fourth-order valence-corrected chi connectivity index (χ4v) is 3.53. The van der Waals surface area contributed by atoms with E-state index in [1.807, 2.05) is 6.92 Å². The normalized spacial score (nSPS) is 27.2. The fraction of sp³-hybridized carbons (Fsp3) is 1.00. The summed E-state index contributed by atoms with van der Waals surface area (Å²) in [5.41, 5.74) is 5.97. The molecule has 1 aliphatic heterocycles. The van der Waals surface area contributed by atoms with Gasteiger partial charge in [-0.1, -0.05) is 13.3 Å². The molecule has 0 bridgehead atoms. The Kier molecular flexibility index (Phi) is 5.85. The SMILES string of the molecule is CCOCCS(=O)(=O)N1CCC(N)C(CC)C1. The molecule has 1 aliphatic rings. The topological polar surface area (TPSA) is 72.6 Å². The predicted octanol–water partition coefficient (Wildman–Crippen LogP) is 0.412. The van der Waals surface area contributed by atoms with Crippen molar-refractivity contribution in [2.45, 2.75) is 32.7 Å². The second-order valence-electron chi connectivity index (χ2n) is 4.49. The van der Waals surface area contributed by atoms with Crippen molar-refractivity contribution in [2.75, 3.05) is 32.1 Å². The first-order chi connectivity index (χ1) is 8.01. The first kappa shape index (κ1) is 14.9. The van der Waals surface area contributed by atoms with Crippen LogP contribution in [-0.2, 0) is 14.8 Å². The van der Waals surface area contributed by atoms with Crippen LogP contribution >= 0.6 is 0 Å². The van der Waals surface area contributed by atoms with Gasteiger partial charge in [0.05, 0.1) is 12.4 Å². The number of rotatable bonds is 6. The standard InChI is InChI=1S/C11H24N2O3S/c1-3-10-9-13(6-5-11(10)12)17(14,15)8-7-16-4-2/h10-11H,3-9,12H2,1-2H3. The van der Waals surface area contributed by atoms with E-state index in [1.54, 1.807) is 4.31 Å². The quantitative estimate of drug-likeness (QED) is 0.705. The van der Waals surface area contributed by atoms with Crippen molar-refractivity contribution in [3.63, 3.8) is 0 Å². The van der Waals surface area contributed by atoms with Crippen molar-refractivity contribution < 1.29 is 13.2 Å². The van der Waals surface area contributed by atoms with Gasteiger partial charge in [-0.3, -0.25) is 0 Å². The Bertz CT molecular complexity index is 319. The number of nitrogens with zero attached hydrogens (tertiary/aromatic N) is 1. The highest BCUT2D eigenvalue weighted by molar-refractivity contribution is 7.89. The third-order valence-corrected chi connectivity index (χ3v) is 5.16. The summed E-state index contributed by atoms with van der Waals surface area (Å²) in [5, 5.41) is 0. The van der Waals surface area contributed by atoms with Crippen molar-refractivity contribution in [3.8, 4) is 0 Å². The molecular formula is C11H24N2O3S. The van der Waals surface area contributed by atoms with E-state index < -0.39 is 10.0 Å². The van der Waals surface area contributed by atoms with Crippen molar-refractivity contribution >= 4 is 10.0 Å². The lowest BCUT2D eigenvalue weighted by atomic mass is 9.92. The van der Waals surface area contributed by atoms with Crippen molar-refractivity contribution in [1.29, 1.82) is 0 Å². The summed E-state index contributed by atoms with van der Waals surface area (Å²) < 4.78 is 30.7. The van der Waals surface area contributed by atoms with Crippen LogP contribution in [-0.4, -0.2) is 50.8 Å². The van der Waals surface area contributed by atoms with E-state index in [-0.39, 0.29) is 24.3 Å². The third-order valence-electron chi connectivity index (χ3n) is 3.36. The molecule has 2 atom stereocenters. The molecule has 1 heterocycles. The average Bonchev–Trinajstić information content (AvgIpc) is 2.29. The number of nitrogens with two attached hydrogens (primary N) is 1. The molecule has 0 amide bonds. The van der Waals surface area contributed by atoms with Gasteiger partial charge < -0.3 is 10.5 Å². The molecule has 5 nitrogen and oxygen atoms in total. The molecule has 0 spiro atoms. The maximum Gasteiger partial charge on any atom is 0.216 e. The number of ether oxygens (including phenoxy) is 1. The van der Waals surface area contributed by atoms with E-state index >= 15 is 0 Å². The lowest BCUT2D eigenvalue weighted by Crippen LogP contribution is -2.49. The fourth-order valence-electron chi connectivity index (χ4n) is 2.14. The van der Waals surface area contributed by atoms with Crippen molar-refractivity contribution in [1.82, 2.24) is 4.31 Å². The summed E-state index contributed by atoms with van der Waals surface area (Å²) in [7, 11) is -3.17. The second-order valence-corrected chi connectivity index (χ2v) is 6.58. The highest BCUT2D eigenvalue weighted by atomic mass is 32.2. The smallest absolute Gasteiger partial charge is 0.216 e. The van der Waals surface area contributed by atoms with Gasteiger partial charge in [0, 0.05) is 25.7 Å². The summed E-state index contributed by atoms with van der Waals surface area (Å²) in [5.74, 6) is 0.359. The first-order valence-electron chi connectivity index (χ1n) is 6.32. The molecule has 0 aromatic heterocycles. The Morgan fingerprint density at radius 2 is 2.12 bits per heavy atom. The molecule has 2 unspecified atom stereocenters. The van der Waals surface area contributed by atoms with Crippen LogP contribution < -0.4 is 5.73 Å². The van der Waals surface area contributed by atoms with Gasteiger partial charge in [-0.2, -0.15) is 0 Å². The molecule has 1 rings (SSSR count). The van der Waals surface area contributed by atoms with Crippen molar-refractivity contribution in [2.24, 2.45) is 11.7 Å². The minimum absolute atomic E-state index is 0.0759. The molecule has 0 radical (unpaired) electrons. The van der Waals surface area contributed by atoms with Crippen LogP contribution in [0.1, 0.15) is 26.7 Å². The van der Waals surface area contributed by atoms with Crippen LogP contribution in [0.5, 0.6) is 0 Å². The van der Waals surface area contributed by atoms with Crippen LogP contribution in [0.3, 0.4) is 0 Å². The lowest BCUT2D eigenvalue weighted by molar-refractivity contribution is 0.161. The molecule has 1 fully saturated rings. The van der Waals surface area contributed by atoms with E-state index in [4.69, 9.17) is 10.5 Å². The highest BCUT2D eigenvalue weighted by Gasteiger charge is 2.31. The lowest BCUT2D eigenvalue weighted by Gasteiger charge is -2.35. The van der Waals surface area contributed by atoms with Gasteiger partial charge in [-0.05, 0) is 19.3 Å². The Hall–Kier alpha value is -0.170. The summed E-state index contributed by atoms with van der Waals surface area (Å²) in [6.45, 7) is 5.86. The van der Waals surface area contributed by atoms with Gasteiger partial charge >= 0.3 is 0 Å². The second kappa shape index (κ2) is 6.68. The molecule has 0 aromatic rings. The summed E-state index contributed by atoms with van der Waals surface area (Å²) in [6.07, 6.45) is 1.69. The first-order valence-corrected chi connectivity index (χ1v) is 7.93. The van der Waals surface area contributed by atoms with Crippen LogP contribution in [0.25, 0.3) is 0 Å². The van der Waals surface area contributed by atoms with E-state index in [0.717, 1.165) is 12.8 Å². The Balaban J connectivity index is 2.54. The average molecular weight is 264 g/mol. The Labute approximate surface area is 104 Å². The van der Waals surface area contributed by atoms with Gasteiger partial charge in [0.25, 0.3) is 0 Å². The zero-order valence-electron chi connectivity index (χ0n) is 10.8. The van der Waals surface area contributed by atoms with Crippen LogP contribution in [0, 0.1) is 5.92 Å². The maximum atomic E-state index is 12.0.